The second-order valence-corrected chi connectivity index (χ2v) is 8.05. The van der Waals surface area contributed by atoms with E-state index in [9.17, 15) is 4.79 Å². The summed E-state index contributed by atoms with van der Waals surface area (Å²) >= 11 is 1.55. The van der Waals surface area contributed by atoms with Gasteiger partial charge in [-0.2, -0.15) is 0 Å². The van der Waals surface area contributed by atoms with Crippen LogP contribution in [-0.2, 0) is 11.2 Å². The van der Waals surface area contributed by atoms with E-state index >= 15 is 0 Å². The summed E-state index contributed by atoms with van der Waals surface area (Å²) in [7, 11) is 1.64. The van der Waals surface area contributed by atoms with Gasteiger partial charge < -0.3 is 14.8 Å². The largest absolute Gasteiger partial charge is 0.497 e. The second kappa shape index (κ2) is 10.9. The fourth-order valence-electron chi connectivity index (χ4n) is 2.57. The summed E-state index contributed by atoms with van der Waals surface area (Å²) in [5.74, 6) is 1.78. The van der Waals surface area contributed by atoms with Gasteiger partial charge in [-0.1, -0.05) is 12.1 Å². The number of rotatable bonds is 10. The molecule has 1 amide bonds. The summed E-state index contributed by atoms with van der Waals surface area (Å²) in [6.07, 6.45) is 2.03. The number of ether oxygens (including phenoxy) is 2. The van der Waals surface area contributed by atoms with E-state index in [4.69, 9.17) is 9.47 Å². The Labute approximate surface area is 166 Å². The van der Waals surface area contributed by atoms with Gasteiger partial charge >= 0.3 is 0 Å². The second-order valence-electron chi connectivity index (χ2n) is 6.64. The van der Waals surface area contributed by atoms with E-state index in [2.05, 4.69) is 17.4 Å². The minimum absolute atomic E-state index is 0.0662. The fraction of sp³-hybridized carbons (Fsp3) is 0.409. The van der Waals surface area contributed by atoms with Crippen LogP contribution in [0.5, 0.6) is 11.5 Å². The summed E-state index contributed by atoms with van der Waals surface area (Å²) < 4.78 is 10.8. The first kappa shape index (κ1) is 21.2. The summed E-state index contributed by atoms with van der Waals surface area (Å²) in [4.78, 5) is 13.3. The normalized spacial score (nSPS) is 11.9. The van der Waals surface area contributed by atoms with Crippen molar-refractivity contribution in [2.75, 3.05) is 13.7 Å². The van der Waals surface area contributed by atoms with Crippen LogP contribution in [0.25, 0.3) is 0 Å². The topological polar surface area (TPSA) is 47.6 Å². The van der Waals surface area contributed by atoms with Crippen LogP contribution in [0.15, 0.2) is 53.4 Å². The molecular formula is C22H29NO3S. The Kier molecular flexibility index (Phi) is 8.52. The number of hydrogen-bond acceptors (Lipinski definition) is 4. The number of nitrogens with one attached hydrogen (secondary N) is 1. The predicted octanol–water partition coefficient (Wildman–Crippen LogP) is 4.71. The van der Waals surface area contributed by atoms with Crippen LogP contribution in [-0.4, -0.2) is 30.9 Å². The molecule has 146 valence electrons. The lowest BCUT2D eigenvalue weighted by Gasteiger charge is -2.13. The first-order valence-corrected chi connectivity index (χ1v) is 10.2. The van der Waals surface area contributed by atoms with E-state index in [1.807, 2.05) is 57.2 Å². The molecule has 0 saturated carbocycles. The first-order chi connectivity index (χ1) is 13.0. The lowest BCUT2D eigenvalue weighted by atomic mass is 10.1. The molecule has 2 aromatic rings. The molecule has 2 rings (SSSR count). The number of amides is 1. The molecule has 0 aromatic heterocycles. The molecule has 27 heavy (non-hydrogen) atoms. The van der Waals surface area contributed by atoms with Crippen molar-refractivity contribution in [2.45, 2.75) is 49.9 Å². The van der Waals surface area contributed by atoms with E-state index in [1.165, 1.54) is 5.56 Å². The van der Waals surface area contributed by atoms with Gasteiger partial charge in [-0.25, -0.2) is 0 Å². The Morgan fingerprint density at radius 3 is 2.22 bits per heavy atom. The highest BCUT2D eigenvalue weighted by atomic mass is 32.2. The number of thioether (sulfide) groups is 1. The molecule has 4 nitrogen and oxygen atoms in total. The average molecular weight is 388 g/mol. The maximum Gasteiger partial charge on any atom is 0.233 e. The van der Waals surface area contributed by atoms with E-state index in [-0.39, 0.29) is 17.3 Å². The lowest BCUT2D eigenvalue weighted by molar-refractivity contribution is -0.120. The molecule has 0 fully saturated rings. The monoisotopic (exact) mass is 387 g/mol. The zero-order valence-corrected chi connectivity index (χ0v) is 17.3. The Bertz CT molecular complexity index is 699. The number of carbonyl (C=O) groups is 1. The first-order valence-electron chi connectivity index (χ1n) is 9.32. The Morgan fingerprint density at radius 1 is 1.00 bits per heavy atom. The van der Waals surface area contributed by atoms with Crippen molar-refractivity contribution in [1.82, 2.24) is 5.32 Å². The van der Waals surface area contributed by atoms with Gasteiger partial charge in [-0.15, -0.1) is 11.8 Å². The zero-order valence-electron chi connectivity index (χ0n) is 16.5. The molecule has 0 aliphatic heterocycles. The highest BCUT2D eigenvalue weighted by Crippen LogP contribution is 2.25. The van der Waals surface area contributed by atoms with Crippen LogP contribution in [0.1, 0.15) is 32.8 Å². The molecular weight excluding hydrogens is 358 g/mol. The summed E-state index contributed by atoms with van der Waals surface area (Å²) in [6.45, 7) is 6.64. The third kappa shape index (κ3) is 7.55. The Hall–Kier alpha value is -2.14. The highest BCUT2D eigenvalue weighted by Gasteiger charge is 2.13. The number of methoxy groups -OCH3 is 1. The van der Waals surface area contributed by atoms with Gasteiger partial charge in [0.1, 0.15) is 11.5 Å². The third-order valence-electron chi connectivity index (χ3n) is 3.98. The van der Waals surface area contributed by atoms with E-state index in [0.717, 1.165) is 29.2 Å². The van der Waals surface area contributed by atoms with Crippen LogP contribution < -0.4 is 14.8 Å². The van der Waals surface area contributed by atoms with Crippen molar-refractivity contribution in [3.8, 4) is 11.5 Å². The van der Waals surface area contributed by atoms with Gasteiger partial charge in [0.25, 0.3) is 0 Å². The van der Waals surface area contributed by atoms with Gasteiger partial charge in [0, 0.05) is 11.4 Å². The van der Waals surface area contributed by atoms with E-state index in [1.54, 1.807) is 18.9 Å². The van der Waals surface area contributed by atoms with E-state index < -0.39 is 0 Å². The van der Waals surface area contributed by atoms with Crippen LogP contribution in [0.4, 0.5) is 0 Å². The SMILES string of the molecule is COc1ccc(S[C@@H](C)C(=O)NCCCc2ccc(OC(C)C)cc2)cc1. The summed E-state index contributed by atoms with van der Waals surface area (Å²) in [5.41, 5.74) is 1.25. The van der Waals surface area contributed by atoms with Crippen LogP contribution in [0.2, 0.25) is 0 Å². The van der Waals surface area contributed by atoms with Crippen molar-refractivity contribution in [2.24, 2.45) is 0 Å². The molecule has 5 heteroatoms. The molecule has 0 unspecified atom stereocenters. The van der Waals surface area contributed by atoms with Crippen molar-refractivity contribution in [1.29, 1.82) is 0 Å². The van der Waals surface area contributed by atoms with Crippen LogP contribution in [0, 0.1) is 0 Å². The van der Waals surface area contributed by atoms with Gasteiger partial charge in [-0.05, 0) is 75.6 Å². The third-order valence-corrected chi connectivity index (χ3v) is 5.09. The highest BCUT2D eigenvalue weighted by molar-refractivity contribution is 8.00. The predicted molar refractivity (Wildman–Crippen MR) is 112 cm³/mol. The van der Waals surface area contributed by atoms with Crippen molar-refractivity contribution in [3.05, 3.63) is 54.1 Å². The molecule has 0 aliphatic rings. The number of hydrogen-bond donors (Lipinski definition) is 1. The van der Waals surface area contributed by atoms with Gasteiger partial charge in [0.15, 0.2) is 0 Å². The maximum absolute atomic E-state index is 12.3. The zero-order chi connectivity index (χ0) is 19.6. The molecule has 0 aliphatic carbocycles. The van der Waals surface area contributed by atoms with Gasteiger partial charge in [0.05, 0.1) is 18.5 Å². The van der Waals surface area contributed by atoms with Crippen molar-refractivity contribution < 1.29 is 14.3 Å². The molecule has 1 atom stereocenters. The summed E-state index contributed by atoms with van der Waals surface area (Å²) in [6, 6.07) is 15.9. The summed E-state index contributed by atoms with van der Waals surface area (Å²) in [5, 5.41) is 2.89. The molecule has 0 bridgehead atoms. The standard InChI is InChI=1S/C22H29NO3S/c1-16(2)26-20-9-7-18(8-10-20)6-5-15-23-22(24)17(3)27-21-13-11-19(25-4)12-14-21/h7-14,16-17H,5-6,15H2,1-4H3,(H,23,24)/t17-/m0/s1. The van der Waals surface area contributed by atoms with Crippen LogP contribution >= 0.6 is 11.8 Å². The number of benzene rings is 2. The maximum atomic E-state index is 12.3. The molecule has 2 aromatic carbocycles. The number of carbonyl (C=O) groups excluding carboxylic acids is 1. The van der Waals surface area contributed by atoms with Crippen molar-refractivity contribution in [3.63, 3.8) is 0 Å². The smallest absolute Gasteiger partial charge is 0.233 e. The molecule has 0 radical (unpaired) electrons. The fourth-order valence-corrected chi connectivity index (χ4v) is 3.46. The van der Waals surface area contributed by atoms with Gasteiger partial charge in [0.2, 0.25) is 5.91 Å². The Morgan fingerprint density at radius 2 is 1.63 bits per heavy atom. The minimum Gasteiger partial charge on any atom is -0.497 e. The molecule has 0 saturated heterocycles. The minimum atomic E-state index is -0.133. The van der Waals surface area contributed by atoms with Gasteiger partial charge in [-0.3, -0.25) is 4.79 Å². The average Bonchev–Trinajstić information content (AvgIpc) is 2.66. The molecule has 0 spiro atoms. The quantitative estimate of drug-likeness (QED) is 0.474. The lowest BCUT2D eigenvalue weighted by Crippen LogP contribution is -2.31. The van der Waals surface area contributed by atoms with E-state index in [0.29, 0.717) is 6.54 Å². The van der Waals surface area contributed by atoms with Crippen LogP contribution in [0.3, 0.4) is 0 Å². The molecule has 0 heterocycles. The Balaban J connectivity index is 1.68. The molecule has 1 N–H and O–H groups in total. The number of aryl methyl sites for hydroxylation is 1. The van der Waals surface area contributed by atoms with Crippen molar-refractivity contribution >= 4 is 17.7 Å².